The van der Waals surface area contributed by atoms with Crippen LogP contribution in [-0.4, -0.2) is 30.3 Å². The fourth-order valence-corrected chi connectivity index (χ4v) is 3.82. The third kappa shape index (κ3) is 4.98. The Hall–Kier alpha value is -2.59. The van der Waals surface area contributed by atoms with Gasteiger partial charge in [0.15, 0.2) is 9.84 Å². The molecule has 0 spiro atoms. The van der Waals surface area contributed by atoms with Crippen molar-refractivity contribution in [2.45, 2.75) is 11.3 Å². The first-order valence-electron chi connectivity index (χ1n) is 7.71. The zero-order valence-electron chi connectivity index (χ0n) is 13.7. The lowest BCUT2D eigenvalue weighted by Gasteiger charge is -2.04. The van der Waals surface area contributed by atoms with Gasteiger partial charge in [0.1, 0.15) is 5.82 Å². The van der Waals surface area contributed by atoms with E-state index in [4.69, 9.17) is 4.42 Å². The molecule has 0 radical (unpaired) electrons. The van der Waals surface area contributed by atoms with E-state index in [0.29, 0.717) is 5.56 Å². The van der Waals surface area contributed by atoms with Crippen molar-refractivity contribution in [1.82, 2.24) is 10.2 Å². The highest BCUT2D eigenvalue weighted by molar-refractivity contribution is 9.10. The standard InChI is InChI=1S/C17H13BrFN3O4S/c18-12-3-1-2-11(10-12)16-21-22-17(26-16)20-15(23)8-9-27(24,25)14-6-4-13(19)5-7-14/h1-7,10H,8-9H2,(H,20,22,23). The van der Waals surface area contributed by atoms with E-state index in [1.54, 1.807) is 18.2 Å². The minimum Gasteiger partial charge on any atom is -0.403 e. The maximum Gasteiger partial charge on any atom is 0.322 e. The van der Waals surface area contributed by atoms with Gasteiger partial charge < -0.3 is 4.42 Å². The van der Waals surface area contributed by atoms with Gasteiger partial charge in [-0.25, -0.2) is 12.8 Å². The van der Waals surface area contributed by atoms with Crippen LogP contribution in [0, 0.1) is 5.82 Å². The van der Waals surface area contributed by atoms with Gasteiger partial charge in [-0.05, 0) is 42.5 Å². The summed E-state index contributed by atoms with van der Waals surface area (Å²) in [5.41, 5.74) is 0.663. The van der Waals surface area contributed by atoms with Gasteiger partial charge in [0.05, 0.1) is 10.6 Å². The summed E-state index contributed by atoms with van der Waals surface area (Å²) in [5, 5.41) is 9.92. The van der Waals surface area contributed by atoms with E-state index >= 15 is 0 Å². The molecule has 10 heteroatoms. The molecule has 0 atom stereocenters. The topological polar surface area (TPSA) is 102 Å². The molecule has 140 valence electrons. The molecule has 7 nitrogen and oxygen atoms in total. The summed E-state index contributed by atoms with van der Waals surface area (Å²) in [4.78, 5) is 11.9. The number of anilines is 1. The lowest BCUT2D eigenvalue weighted by molar-refractivity contribution is -0.115. The molecule has 3 rings (SSSR count). The first-order valence-corrected chi connectivity index (χ1v) is 10.2. The lowest BCUT2D eigenvalue weighted by Crippen LogP contribution is -2.17. The van der Waals surface area contributed by atoms with Crippen LogP contribution in [0.3, 0.4) is 0 Å². The van der Waals surface area contributed by atoms with Crippen molar-refractivity contribution in [2.75, 3.05) is 11.1 Å². The average molecular weight is 454 g/mol. The van der Waals surface area contributed by atoms with Gasteiger partial charge in [0.25, 0.3) is 0 Å². The van der Waals surface area contributed by atoms with E-state index in [-0.39, 0.29) is 23.2 Å². The number of benzene rings is 2. The maximum atomic E-state index is 12.9. The minimum absolute atomic E-state index is 0.0496. The van der Waals surface area contributed by atoms with E-state index in [1.165, 1.54) is 0 Å². The number of sulfone groups is 1. The molecule has 1 N–H and O–H groups in total. The fraction of sp³-hybridized carbons (Fsp3) is 0.118. The molecule has 1 heterocycles. The second kappa shape index (κ2) is 7.97. The highest BCUT2D eigenvalue weighted by Gasteiger charge is 2.18. The van der Waals surface area contributed by atoms with Crippen molar-refractivity contribution < 1.29 is 22.0 Å². The van der Waals surface area contributed by atoms with Gasteiger partial charge in [-0.3, -0.25) is 10.1 Å². The molecule has 1 amide bonds. The number of carbonyl (C=O) groups excluding carboxylic acids is 1. The fourth-order valence-electron chi connectivity index (χ4n) is 2.18. The van der Waals surface area contributed by atoms with Gasteiger partial charge in [0.2, 0.25) is 11.8 Å². The predicted octanol–water partition coefficient (Wildman–Crippen LogP) is 3.44. The summed E-state index contributed by atoms with van der Waals surface area (Å²) >= 11 is 3.33. The van der Waals surface area contributed by atoms with Crippen molar-refractivity contribution in [3.63, 3.8) is 0 Å². The Kier molecular flexibility index (Phi) is 5.66. The number of amides is 1. The molecule has 0 bridgehead atoms. The molecule has 0 unspecified atom stereocenters. The summed E-state index contributed by atoms with van der Waals surface area (Å²) < 4.78 is 43.4. The zero-order chi connectivity index (χ0) is 19.4. The Morgan fingerprint density at radius 3 is 2.59 bits per heavy atom. The molecule has 0 aliphatic heterocycles. The van der Waals surface area contributed by atoms with Crippen LogP contribution in [0.2, 0.25) is 0 Å². The normalized spacial score (nSPS) is 11.3. The molecule has 27 heavy (non-hydrogen) atoms. The van der Waals surface area contributed by atoms with E-state index in [9.17, 15) is 17.6 Å². The zero-order valence-corrected chi connectivity index (χ0v) is 16.1. The molecule has 2 aromatic carbocycles. The monoisotopic (exact) mass is 453 g/mol. The molecular weight excluding hydrogens is 441 g/mol. The number of hydrogen-bond acceptors (Lipinski definition) is 6. The van der Waals surface area contributed by atoms with Crippen molar-refractivity contribution in [1.29, 1.82) is 0 Å². The third-order valence-electron chi connectivity index (χ3n) is 3.51. The van der Waals surface area contributed by atoms with E-state index in [1.807, 2.05) is 6.07 Å². The SMILES string of the molecule is O=C(CCS(=O)(=O)c1ccc(F)cc1)Nc1nnc(-c2cccc(Br)c2)o1. The first kappa shape index (κ1) is 19.2. The number of hydrogen-bond donors (Lipinski definition) is 1. The Bertz CT molecular complexity index is 1070. The van der Waals surface area contributed by atoms with Crippen LogP contribution in [0.15, 0.2) is 62.3 Å². The van der Waals surface area contributed by atoms with Crippen molar-refractivity contribution in [3.05, 3.63) is 58.8 Å². The highest BCUT2D eigenvalue weighted by Crippen LogP contribution is 2.23. The molecular formula is C17H13BrFN3O4S. The lowest BCUT2D eigenvalue weighted by atomic mass is 10.2. The number of rotatable bonds is 6. The van der Waals surface area contributed by atoms with E-state index < -0.39 is 27.3 Å². The molecule has 0 saturated carbocycles. The van der Waals surface area contributed by atoms with Crippen molar-refractivity contribution in [2.24, 2.45) is 0 Å². The van der Waals surface area contributed by atoms with Crippen LogP contribution in [0.1, 0.15) is 6.42 Å². The largest absolute Gasteiger partial charge is 0.403 e. The molecule has 0 saturated heterocycles. The van der Waals surface area contributed by atoms with Gasteiger partial charge in [-0.15, -0.1) is 5.10 Å². The minimum atomic E-state index is -3.71. The number of nitrogens with one attached hydrogen (secondary N) is 1. The number of aromatic nitrogens is 2. The van der Waals surface area contributed by atoms with Gasteiger partial charge >= 0.3 is 6.01 Å². The summed E-state index contributed by atoms with van der Waals surface area (Å²) in [6.45, 7) is 0. The maximum absolute atomic E-state index is 12.9. The van der Waals surface area contributed by atoms with Gasteiger partial charge in [-0.1, -0.05) is 27.1 Å². The van der Waals surface area contributed by atoms with Crippen LogP contribution >= 0.6 is 15.9 Å². The first-order chi connectivity index (χ1) is 12.8. The molecule has 1 aromatic heterocycles. The average Bonchev–Trinajstić information content (AvgIpc) is 3.09. The van der Waals surface area contributed by atoms with E-state index in [2.05, 4.69) is 31.4 Å². The summed E-state index contributed by atoms with van der Waals surface area (Å²) in [7, 11) is -3.71. The molecule has 0 fully saturated rings. The molecule has 0 aliphatic carbocycles. The smallest absolute Gasteiger partial charge is 0.322 e. The van der Waals surface area contributed by atoms with Crippen LogP contribution in [0.25, 0.3) is 11.5 Å². The van der Waals surface area contributed by atoms with Crippen LogP contribution in [-0.2, 0) is 14.6 Å². The van der Waals surface area contributed by atoms with Gasteiger partial charge in [0, 0.05) is 16.5 Å². The molecule has 0 aliphatic rings. The summed E-state index contributed by atoms with van der Waals surface area (Å²) in [5.74, 6) is -1.35. The summed E-state index contributed by atoms with van der Waals surface area (Å²) in [6, 6.07) is 11.5. The summed E-state index contributed by atoms with van der Waals surface area (Å²) in [6.07, 6.45) is -0.311. The van der Waals surface area contributed by atoms with Crippen LogP contribution in [0.4, 0.5) is 10.4 Å². The molecule has 3 aromatic rings. The van der Waals surface area contributed by atoms with Crippen molar-refractivity contribution in [3.8, 4) is 11.5 Å². The number of nitrogens with zero attached hydrogens (tertiary/aromatic N) is 2. The quantitative estimate of drug-likeness (QED) is 0.573. The Morgan fingerprint density at radius 1 is 1.15 bits per heavy atom. The van der Waals surface area contributed by atoms with Crippen LogP contribution in [0.5, 0.6) is 0 Å². The van der Waals surface area contributed by atoms with Crippen molar-refractivity contribution >= 4 is 37.7 Å². The van der Waals surface area contributed by atoms with Crippen LogP contribution < -0.4 is 5.32 Å². The Balaban J connectivity index is 1.60. The Morgan fingerprint density at radius 2 is 1.89 bits per heavy atom. The second-order valence-electron chi connectivity index (χ2n) is 5.49. The van der Waals surface area contributed by atoms with E-state index in [0.717, 1.165) is 28.7 Å². The third-order valence-corrected chi connectivity index (χ3v) is 5.74. The second-order valence-corrected chi connectivity index (χ2v) is 8.52. The van der Waals surface area contributed by atoms with Gasteiger partial charge in [-0.2, -0.15) is 0 Å². The Labute approximate surface area is 162 Å². The highest BCUT2D eigenvalue weighted by atomic mass is 79.9. The number of carbonyl (C=O) groups is 1. The number of halogens is 2. The predicted molar refractivity (Wildman–Crippen MR) is 99.1 cm³/mol.